The molecule has 0 aliphatic carbocycles. The van der Waals surface area contributed by atoms with E-state index in [4.69, 9.17) is 0 Å². The molecule has 2 N–H and O–H groups in total. The predicted octanol–water partition coefficient (Wildman–Crippen LogP) is -0.391. The highest BCUT2D eigenvalue weighted by Crippen LogP contribution is 1.64. The summed E-state index contributed by atoms with van der Waals surface area (Å²) < 4.78 is 0. The van der Waals surface area contributed by atoms with Crippen LogP contribution in [0, 0.1) is 0 Å². The molecular weight excluding hydrogens is 132 g/mol. The summed E-state index contributed by atoms with van der Waals surface area (Å²) in [7, 11) is 0. The number of aromatic amines is 2. The Balaban J connectivity index is 0.0000001000. The van der Waals surface area contributed by atoms with Crippen LogP contribution in [0.1, 0.15) is 0 Å². The first-order valence-electron chi connectivity index (χ1n) is 2.60. The fourth-order valence-corrected chi connectivity index (χ4v) is 0.344. The predicted molar refractivity (Wildman–Crippen MR) is 32.8 cm³/mol. The molecule has 52 valence electrons. The van der Waals surface area contributed by atoms with Crippen molar-refractivity contribution in [2.75, 3.05) is 0 Å². The average Bonchev–Trinajstić information content (AvgIpc) is 2.67. The van der Waals surface area contributed by atoms with Gasteiger partial charge in [-0.1, -0.05) is 5.21 Å². The quantitative estimate of drug-likeness (QED) is 0.519. The smallest absolute Gasteiger partial charge is 0.161 e. The van der Waals surface area contributed by atoms with Gasteiger partial charge in [0.05, 0.1) is 0 Å². The van der Waals surface area contributed by atoms with Crippen molar-refractivity contribution in [2.24, 2.45) is 0 Å². The van der Waals surface area contributed by atoms with E-state index in [2.05, 4.69) is 30.8 Å². The Morgan fingerprint density at radius 3 is 2.40 bits per heavy atom. The molecule has 0 saturated heterocycles. The Morgan fingerprint density at radius 2 is 2.20 bits per heavy atom. The van der Waals surface area contributed by atoms with E-state index in [9.17, 15) is 0 Å². The first kappa shape index (κ1) is 6.40. The summed E-state index contributed by atoms with van der Waals surface area (Å²) >= 11 is 0. The number of H-pyrrole nitrogens is 2. The lowest BCUT2D eigenvalue weighted by Crippen LogP contribution is -1.64. The van der Waals surface area contributed by atoms with E-state index >= 15 is 0 Å². The molecule has 10 heavy (non-hydrogen) atoms. The molecule has 0 unspecified atom stereocenters. The van der Waals surface area contributed by atoms with Crippen LogP contribution in [0.2, 0.25) is 0 Å². The van der Waals surface area contributed by atoms with Crippen LogP contribution in [0.5, 0.6) is 0 Å². The van der Waals surface area contributed by atoms with Gasteiger partial charge in [-0.2, -0.15) is 10.3 Å². The fourth-order valence-electron chi connectivity index (χ4n) is 0.344. The van der Waals surface area contributed by atoms with E-state index in [1.807, 2.05) is 6.07 Å². The Kier molecular flexibility index (Phi) is 2.68. The summed E-state index contributed by atoms with van der Waals surface area (Å²) in [5, 5.41) is 18.4. The van der Waals surface area contributed by atoms with Gasteiger partial charge in [-0.15, -0.1) is 10.2 Å². The largest absolute Gasteiger partial charge is 0.286 e. The van der Waals surface area contributed by atoms with Crippen LogP contribution in [0.4, 0.5) is 0 Å². The molecule has 0 spiro atoms. The lowest BCUT2D eigenvalue weighted by molar-refractivity contribution is 0.881. The van der Waals surface area contributed by atoms with E-state index in [-0.39, 0.29) is 0 Å². The van der Waals surface area contributed by atoms with Gasteiger partial charge in [-0.25, -0.2) is 0 Å². The minimum atomic E-state index is 1.33. The zero-order chi connectivity index (χ0) is 7.07. The number of nitrogens with zero attached hydrogens (tertiary/aromatic N) is 4. The third kappa shape index (κ3) is 2.55. The second-order valence-corrected chi connectivity index (χ2v) is 1.33. The van der Waals surface area contributed by atoms with Crippen molar-refractivity contribution in [2.45, 2.75) is 0 Å². The summed E-state index contributed by atoms with van der Waals surface area (Å²) in [5.74, 6) is 0. The molecular formula is C4H6N6. The Labute approximate surface area is 56.7 Å². The highest BCUT2D eigenvalue weighted by molar-refractivity contribution is 4.72. The van der Waals surface area contributed by atoms with E-state index in [0.29, 0.717) is 0 Å². The van der Waals surface area contributed by atoms with Gasteiger partial charge in [0.25, 0.3) is 0 Å². The van der Waals surface area contributed by atoms with Crippen LogP contribution in [0.3, 0.4) is 0 Å². The van der Waals surface area contributed by atoms with Gasteiger partial charge in [-0.3, -0.25) is 5.10 Å². The van der Waals surface area contributed by atoms with Crippen LogP contribution in [-0.2, 0) is 0 Å². The van der Waals surface area contributed by atoms with Crippen LogP contribution < -0.4 is 0 Å². The van der Waals surface area contributed by atoms with Crippen LogP contribution in [-0.4, -0.2) is 30.8 Å². The van der Waals surface area contributed by atoms with Gasteiger partial charge in [0, 0.05) is 12.4 Å². The molecule has 0 aromatic carbocycles. The van der Waals surface area contributed by atoms with Gasteiger partial charge in [0.15, 0.2) is 6.33 Å². The molecule has 0 aliphatic rings. The zero-order valence-electron chi connectivity index (χ0n) is 5.10. The molecule has 2 heterocycles. The van der Waals surface area contributed by atoms with E-state index in [0.717, 1.165) is 0 Å². The maximum atomic E-state index is 3.60. The van der Waals surface area contributed by atoms with Gasteiger partial charge >= 0.3 is 0 Å². The standard InChI is InChI=1S/C3H4N2.CH2N4/c2*1-2-4-5-3-1/h1-3H,(H,4,5);1H,(H,2,3,4,5). The fraction of sp³-hybridized carbons (Fsp3) is 0. The summed E-state index contributed by atoms with van der Waals surface area (Å²) in [5.41, 5.74) is 0. The Hall–Kier alpha value is -1.72. The molecule has 6 nitrogen and oxygen atoms in total. The van der Waals surface area contributed by atoms with E-state index < -0.39 is 0 Å². The molecule has 0 saturated carbocycles. The molecule has 0 aliphatic heterocycles. The van der Waals surface area contributed by atoms with Gasteiger partial charge < -0.3 is 0 Å². The number of hydrogen-bond acceptors (Lipinski definition) is 4. The SMILES string of the molecule is c1cn[nH]c1.c1nn[nH]n1. The maximum Gasteiger partial charge on any atom is 0.161 e. The molecule has 0 radical (unpaired) electrons. The van der Waals surface area contributed by atoms with Crippen LogP contribution >= 0.6 is 0 Å². The topological polar surface area (TPSA) is 83.1 Å². The van der Waals surface area contributed by atoms with Crippen molar-refractivity contribution in [1.82, 2.24) is 30.8 Å². The van der Waals surface area contributed by atoms with Gasteiger partial charge in [-0.05, 0) is 6.07 Å². The van der Waals surface area contributed by atoms with Crippen molar-refractivity contribution in [3.05, 3.63) is 24.8 Å². The molecule has 6 heteroatoms. The van der Waals surface area contributed by atoms with Crippen molar-refractivity contribution < 1.29 is 0 Å². The summed E-state index contributed by atoms with van der Waals surface area (Å²) in [6.07, 6.45) is 4.79. The minimum Gasteiger partial charge on any atom is -0.286 e. The lowest BCUT2D eigenvalue weighted by Gasteiger charge is -1.49. The maximum absolute atomic E-state index is 3.60. The summed E-state index contributed by atoms with van der Waals surface area (Å²) in [6, 6.07) is 1.83. The summed E-state index contributed by atoms with van der Waals surface area (Å²) in [6.45, 7) is 0. The van der Waals surface area contributed by atoms with Crippen LogP contribution in [0.15, 0.2) is 24.8 Å². The number of aromatic nitrogens is 6. The minimum absolute atomic E-state index is 1.33. The van der Waals surface area contributed by atoms with Crippen molar-refractivity contribution >= 4 is 0 Å². The number of hydrogen-bond donors (Lipinski definition) is 2. The monoisotopic (exact) mass is 138 g/mol. The highest BCUT2D eigenvalue weighted by atomic mass is 15.5. The van der Waals surface area contributed by atoms with E-state index in [1.54, 1.807) is 12.4 Å². The molecule has 0 atom stereocenters. The molecule has 0 bridgehead atoms. The third-order valence-corrected chi connectivity index (χ3v) is 0.675. The normalized spacial score (nSPS) is 8.00. The first-order valence-corrected chi connectivity index (χ1v) is 2.60. The van der Waals surface area contributed by atoms with Crippen LogP contribution in [0.25, 0.3) is 0 Å². The second-order valence-electron chi connectivity index (χ2n) is 1.33. The van der Waals surface area contributed by atoms with Crippen molar-refractivity contribution in [1.29, 1.82) is 0 Å². The Bertz CT molecular complexity index is 149. The molecule has 0 amide bonds. The molecule has 2 rings (SSSR count). The average molecular weight is 138 g/mol. The second kappa shape index (κ2) is 4.19. The van der Waals surface area contributed by atoms with Crippen molar-refractivity contribution in [3.8, 4) is 0 Å². The molecule has 2 aromatic rings. The number of rotatable bonds is 0. The molecule has 2 aromatic heterocycles. The highest BCUT2D eigenvalue weighted by Gasteiger charge is 1.58. The third-order valence-electron chi connectivity index (χ3n) is 0.675. The molecule has 0 fully saturated rings. The number of nitrogens with one attached hydrogen (secondary N) is 2. The van der Waals surface area contributed by atoms with E-state index in [1.165, 1.54) is 6.33 Å². The van der Waals surface area contributed by atoms with Gasteiger partial charge in [0.2, 0.25) is 0 Å². The Morgan fingerprint density at radius 1 is 1.20 bits per heavy atom. The zero-order valence-corrected chi connectivity index (χ0v) is 5.10. The lowest BCUT2D eigenvalue weighted by atomic mass is 10.8. The first-order chi connectivity index (χ1) is 5.00. The van der Waals surface area contributed by atoms with Gasteiger partial charge in [0.1, 0.15) is 0 Å². The van der Waals surface area contributed by atoms with Crippen molar-refractivity contribution in [3.63, 3.8) is 0 Å². The summed E-state index contributed by atoms with van der Waals surface area (Å²) in [4.78, 5) is 0. The number of tetrazole rings is 1.